The van der Waals surface area contributed by atoms with Crippen molar-refractivity contribution in [2.75, 3.05) is 0 Å². The minimum Gasteiger partial charge on any atom is -0.258 e. The first-order chi connectivity index (χ1) is 10.2. The van der Waals surface area contributed by atoms with Crippen LogP contribution < -0.4 is 0 Å². The van der Waals surface area contributed by atoms with Crippen LogP contribution in [0.5, 0.6) is 0 Å². The fourth-order valence-corrected chi connectivity index (χ4v) is 3.86. The molecule has 0 aliphatic heterocycles. The highest BCUT2D eigenvalue weighted by Gasteiger charge is 2.20. The van der Waals surface area contributed by atoms with Gasteiger partial charge in [-0.05, 0) is 77.0 Å². The fourth-order valence-electron chi connectivity index (χ4n) is 1.75. The van der Waals surface area contributed by atoms with Crippen molar-refractivity contribution < 1.29 is 9.85 Å². The lowest BCUT2D eigenvalue weighted by molar-refractivity contribution is -0.385. The molecule has 0 fully saturated rings. The number of nitrogens with zero attached hydrogens (tertiary/aromatic N) is 2. The average molecular weight is 654 g/mol. The minimum absolute atomic E-state index is 0.0731. The van der Waals surface area contributed by atoms with Gasteiger partial charge < -0.3 is 0 Å². The molecule has 10 heteroatoms. The van der Waals surface area contributed by atoms with Gasteiger partial charge in [0.15, 0.2) is 0 Å². The van der Waals surface area contributed by atoms with Crippen molar-refractivity contribution in [3.63, 3.8) is 0 Å². The Morgan fingerprint density at radius 3 is 1.36 bits per heavy atom. The second-order valence-corrected chi connectivity index (χ2v) is 8.00. The predicted molar refractivity (Wildman–Crippen MR) is 106 cm³/mol. The number of non-ortho nitro benzene ring substituents is 2. The van der Waals surface area contributed by atoms with Gasteiger partial charge >= 0.3 is 0 Å². The van der Waals surface area contributed by atoms with E-state index in [1.54, 1.807) is 0 Å². The van der Waals surface area contributed by atoms with Crippen molar-refractivity contribution in [3.8, 4) is 11.1 Å². The van der Waals surface area contributed by atoms with Crippen LogP contribution in [0.2, 0.25) is 0 Å². The molecule has 0 amide bonds. The van der Waals surface area contributed by atoms with Gasteiger partial charge in [-0.3, -0.25) is 20.2 Å². The third-order valence-electron chi connectivity index (χ3n) is 2.74. The van der Waals surface area contributed by atoms with Crippen LogP contribution in [-0.2, 0) is 0 Å². The summed E-state index contributed by atoms with van der Waals surface area (Å²) in [6.07, 6.45) is 0. The van der Waals surface area contributed by atoms with Crippen molar-refractivity contribution in [3.05, 3.63) is 60.6 Å². The number of nitro benzene ring substituents is 2. The Kier molecular flexibility index (Phi) is 5.77. The summed E-state index contributed by atoms with van der Waals surface area (Å²) in [6, 6.07) is 5.66. The van der Waals surface area contributed by atoms with Gasteiger partial charge in [-0.2, -0.15) is 0 Å². The molecule has 2 rings (SSSR count). The van der Waals surface area contributed by atoms with Crippen LogP contribution >= 0.6 is 77.0 Å². The van der Waals surface area contributed by atoms with Crippen LogP contribution in [0.4, 0.5) is 11.4 Å². The molecule has 0 spiro atoms. The van der Waals surface area contributed by atoms with E-state index in [1.807, 2.05) is 45.2 Å². The van der Waals surface area contributed by atoms with E-state index in [1.165, 1.54) is 24.3 Å². The van der Waals surface area contributed by atoms with Crippen molar-refractivity contribution in [1.29, 1.82) is 0 Å². The van der Waals surface area contributed by atoms with Crippen LogP contribution in [0.15, 0.2) is 33.2 Å². The quantitative estimate of drug-likeness (QED) is 0.235. The number of halogens is 4. The highest BCUT2D eigenvalue weighted by Crippen LogP contribution is 2.42. The van der Waals surface area contributed by atoms with E-state index in [4.69, 9.17) is 0 Å². The van der Waals surface area contributed by atoms with Crippen LogP contribution in [-0.4, -0.2) is 9.85 Å². The number of benzene rings is 2. The largest absolute Gasteiger partial charge is 0.271 e. The highest BCUT2D eigenvalue weighted by molar-refractivity contribution is 14.1. The molecule has 114 valence electrons. The molecule has 0 aliphatic rings. The maximum absolute atomic E-state index is 11.0. The summed E-state index contributed by atoms with van der Waals surface area (Å²) in [5.41, 5.74) is 0.895. The molecule has 2 aromatic rings. The summed E-state index contributed by atoms with van der Waals surface area (Å²) in [7, 11) is 0. The van der Waals surface area contributed by atoms with Crippen molar-refractivity contribution in [2.45, 2.75) is 0 Å². The average Bonchev–Trinajstić information content (AvgIpc) is 2.44. The summed E-state index contributed by atoms with van der Waals surface area (Å²) in [6.45, 7) is 0. The Labute approximate surface area is 168 Å². The zero-order valence-electron chi connectivity index (χ0n) is 10.3. The summed E-state index contributed by atoms with van der Waals surface area (Å²) in [5.74, 6) is 0. The molecular formula is C12H4Br2I2N2O4. The van der Waals surface area contributed by atoms with Crippen molar-refractivity contribution in [2.24, 2.45) is 0 Å². The van der Waals surface area contributed by atoms with E-state index in [0.29, 0.717) is 27.2 Å². The Morgan fingerprint density at radius 1 is 0.773 bits per heavy atom. The summed E-state index contributed by atoms with van der Waals surface area (Å²) in [4.78, 5) is 21.1. The van der Waals surface area contributed by atoms with E-state index in [0.717, 1.165) is 0 Å². The summed E-state index contributed by atoms with van der Waals surface area (Å²) < 4.78 is 2.59. The maximum atomic E-state index is 11.0. The topological polar surface area (TPSA) is 86.3 Å². The van der Waals surface area contributed by atoms with E-state index in [-0.39, 0.29) is 11.4 Å². The third-order valence-corrected chi connectivity index (χ3v) is 7.63. The van der Waals surface area contributed by atoms with Crippen LogP contribution in [0.25, 0.3) is 11.1 Å². The first-order valence-corrected chi connectivity index (χ1v) is 9.24. The number of nitro groups is 2. The summed E-state index contributed by atoms with van der Waals surface area (Å²) >= 11 is 10.7. The third kappa shape index (κ3) is 3.59. The van der Waals surface area contributed by atoms with Crippen molar-refractivity contribution >= 4 is 88.4 Å². The van der Waals surface area contributed by atoms with Gasteiger partial charge in [0.25, 0.3) is 11.4 Å². The Balaban J connectivity index is 2.81. The second kappa shape index (κ2) is 7.05. The molecule has 0 radical (unpaired) electrons. The normalized spacial score (nSPS) is 10.5. The summed E-state index contributed by atoms with van der Waals surface area (Å²) in [5, 5.41) is 22.1. The van der Waals surface area contributed by atoms with E-state index >= 15 is 0 Å². The smallest absolute Gasteiger partial charge is 0.258 e. The monoisotopic (exact) mass is 652 g/mol. The van der Waals surface area contributed by atoms with Crippen LogP contribution in [0.1, 0.15) is 0 Å². The van der Waals surface area contributed by atoms with E-state index in [2.05, 4.69) is 31.9 Å². The van der Waals surface area contributed by atoms with E-state index in [9.17, 15) is 20.2 Å². The molecule has 0 unspecified atom stereocenters. The Hall–Kier alpha value is -0.340. The highest BCUT2D eigenvalue weighted by atomic mass is 127. The zero-order valence-corrected chi connectivity index (χ0v) is 17.8. The molecule has 0 aliphatic carbocycles. The number of rotatable bonds is 3. The van der Waals surface area contributed by atoms with Gasteiger partial charge in [0.1, 0.15) is 0 Å². The molecule has 6 nitrogen and oxygen atoms in total. The SMILES string of the molecule is O=[N+]([O-])c1cc(I)c(Br)c(-c2cc([N+](=O)[O-])cc(I)c2Br)c1. The molecule has 0 saturated heterocycles. The lowest BCUT2D eigenvalue weighted by Gasteiger charge is -2.10. The Bertz CT molecular complexity index is 747. The van der Waals surface area contributed by atoms with Crippen LogP contribution in [0, 0.1) is 27.4 Å². The molecule has 0 atom stereocenters. The van der Waals surface area contributed by atoms with Gasteiger partial charge in [-0.25, -0.2) is 0 Å². The molecule has 0 bridgehead atoms. The zero-order chi connectivity index (χ0) is 16.6. The first-order valence-electron chi connectivity index (χ1n) is 5.49. The van der Waals surface area contributed by atoms with Gasteiger partial charge in [-0.1, -0.05) is 0 Å². The fraction of sp³-hybridized carbons (Fsp3) is 0. The molecule has 0 N–H and O–H groups in total. The van der Waals surface area contributed by atoms with Crippen molar-refractivity contribution in [1.82, 2.24) is 0 Å². The minimum atomic E-state index is -0.492. The Morgan fingerprint density at radius 2 is 1.09 bits per heavy atom. The molecule has 0 saturated carbocycles. The predicted octanol–water partition coefficient (Wildman–Crippen LogP) is 5.90. The standard InChI is InChI=1S/C12H4Br2I2N2O4/c13-11-7(1-5(17(19)20)3-9(11)15)8-2-6(18(21)22)4-10(16)12(8)14/h1-4H. The maximum Gasteiger partial charge on any atom is 0.271 e. The van der Waals surface area contributed by atoms with Gasteiger partial charge in [0.2, 0.25) is 0 Å². The molecule has 2 aromatic carbocycles. The number of hydrogen-bond donors (Lipinski definition) is 0. The first kappa shape index (κ1) is 18.0. The van der Waals surface area contributed by atoms with E-state index < -0.39 is 9.85 Å². The molecule has 22 heavy (non-hydrogen) atoms. The molecule has 0 aromatic heterocycles. The lowest BCUT2D eigenvalue weighted by Crippen LogP contribution is -1.95. The number of hydrogen-bond acceptors (Lipinski definition) is 4. The van der Waals surface area contributed by atoms with Gasteiger partial charge in [0, 0.05) is 51.5 Å². The second-order valence-electron chi connectivity index (χ2n) is 4.09. The molecule has 0 heterocycles. The van der Waals surface area contributed by atoms with Gasteiger partial charge in [0.05, 0.1) is 9.85 Å². The van der Waals surface area contributed by atoms with Gasteiger partial charge in [-0.15, -0.1) is 0 Å². The van der Waals surface area contributed by atoms with Crippen LogP contribution in [0.3, 0.4) is 0 Å². The molecular weight excluding hydrogens is 650 g/mol. The lowest BCUT2D eigenvalue weighted by atomic mass is 10.0.